The molecule has 1 saturated heterocycles. The van der Waals surface area contributed by atoms with E-state index in [4.69, 9.17) is 14.2 Å². The van der Waals surface area contributed by atoms with Crippen LogP contribution < -0.4 is 5.32 Å². The molecule has 1 heterocycles. The maximum Gasteiger partial charge on any atom is 0.169 e. The van der Waals surface area contributed by atoms with Crippen molar-refractivity contribution >= 4 is 0 Å². The Hall–Kier alpha value is -0.160. The monoisotopic (exact) mass is 217 g/mol. The third kappa shape index (κ3) is 5.47. The quantitative estimate of drug-likeness (QED) is 0.616. The molecule has 0 spiro atoms. The molecule has 0 aromatic carbocycles. The van der Waals surface area contributed by atoms with Crippen LogP contribution >= 0.6 is 0 Å². The number of nitrogens with one attached hydrogen (secondary N) is 1. The number of hydrogen-bond donors (Lipinski definition) is 1. The minimum atomic E-state index is -0.109. The van der Waals surface area contributed by atoms with Gasteiger partial charge in [-0.2, -0.15) is 0 Å². The zero-order valence-corrected chi connectivity index (χ0v) is 9.83. The Bertz CT molecular complexity index is 143. The first kappa shape index (κ1) is 12.9. The van der Waals surface area contributed by atoms with Crippen molar-refractivity contribution in [3.63, 3.8) is 0 Å². The molecule has 1 atom stereocenters. The normalized spacial score (nSPS) is 21.4. The molecule has 0 aromatic rings. The summed E-state index contributed by atoms with van der Waals surface area (Å²) in [6.07, 6.45) is 1.06. The van der Waals surface area contributed by atoms with E-state index in [2.05, 4.69) is 5.32 Å². The second kappa shape index (κ2) is 8.05. The highest BCUT2D eigenvalue weighted by atomic mass is 16.7. The van der Waals surface area contributed by atoms with Crippen LogP contribution in [0.3, 0.4) is 0 Å². The van der Waals surface area contributed by atoms with Crippen molar-refractivity contribution in [3.05, 3.63) is 0 Å². The Morgan fingerprint density at radius 1 is 1.33 bits per heavy atom. The van der Waals surface area contributed by atoms with E-state index in [1.807, 2.05) is 13.8 Å². The lowest BCUT2D eigenvalue weighted by Crippen LogP contribution is -2.34. The molecule has 1 unspecified atom stereocenters. The molecular weight excluding hydrogens is 194 g/mol. The van der Waals surface area contributed by atoms with Gasteiger partial charge in [0.2, 0.25) is 0 Å². The Morgan fingerprint density at radius 2 is 2.07 bits per heavy atom. The fourth-order valence-corrected chi connectivity index (χ4v) is 1.69. The van der Waals surface area contributed by atoms with Gasteiger partial charge < -0.3 is 19.5 Å². The van der Waals surface area contributed by atoms with Gasteiger partial charge in [0, 0.05) is 32.9 Å². The van der Waals surface area contributed by atoms with E-state index in [1.54, 1.807) is 0 Å². The summed E-state index contributed by atoms with van der Waals surface area (Å²) in [7, 11) is 0. The van der Waals surface area contributed by atoms with Gasteiger partial charge in [0.05, 0.1) is 6.61 Å². The molecule has 4 nitrogen and oxygen atoms in total. The van der Waals surface area contributed by atoms with Crippen LogP contribution in [0.2, 0.25) is 0 Å². The highest BCUT2D eigenvalue weighted by Crippen LogP contribution is 2.10. The van der Waals surface area contributed by atoms with Crippen molar-refractivity contribution in [3.8, 4) is 0 Å². The van der Waals surface area contributed by atoms with Crippen LogP contribution in [0.1, 0.15) is 20.3 Å². The van der Waals surface area contributed by atoms with Crippen molar-refractivity contribution in [2.45, 2.75) is 26.6 Å². The molecule has 4 heteroatoms. The molecule has 0 amide bonds. The summed E-state index contributed by atoms with van der Waals surface area (Å²) in [5.74, 6) is 0.661. The standard InChI is InChI=1S/C11H23NO3/c1-3-14-11(15-4-2)8-12-7-10-5-6-13-9-10/h10-12H,3-9H2,1-2H3. The van der Waals surface area contributed by atoms with E-state index >= 15 is 0 Å². The first-order chi connectivity index (χ1) is 7.36. The molecule has 0 radical (unpaired) electrons. The van der Waals surface area contributed by atoms with Crippen LogP contribution in [0.15, 0.2) is 0 Å². The molecule has 1 rings (SSSR count). The molecular formula is C11H23NO3. The van der Waals surface area contributed by atoms with Crippen molar-refractivity contribution < 1.29 is 14.2 Å². The van der Waals surface area contributed by atoms with Gasteiger partial charge in [-0.1, -0.05) is 0 Å². The Balaban J connectivity index is 2.04. The van der Waals surface area contributed by atoms with Crippen LogP contribution in [0.25, 0.3) is 0 Å². The molecule has 0 bridgehead atoms. The lowest BCUT2D eigenvalue weighted by molar-refractivity contribution is -0.133. The van der Waals surface area contributed by atoms with E-state index < -0.39 is 0 Å². The summed E-state index contributed by atoms with van der Waals surface area (Å²) in [5, 5.41) is 3.37. The summed E-state index contributed by atoms with van der Waals surface area (Å²) >= 11 is 0. The average Bonchev–Trinajstić information content (AvgIpc) is 2.71. The topological polar surface area (TPSA) is 39.7 Å². The van der Waals surface area contributed by atoms with Crippen LogP contribution in [0, 0.1) is 5.92 Å². The Kier molecular flexibility index (Phi) is 6.92. The zero-order valence-electron chi connectivity index (χ0n) is 9.83. The first-order valence-electron chi connectivity index (χ1n) is 5.88. The molecule has 1 aliphatic heterocycles. The van der Waals surface area contributed by atoms with Crippen LogP contribution in [0.5, 0.6) is 0 Å². The first-order valence-corrected chi connectivity index (χ1v) is 5.88. The lowest BCUT2D eigenvalue weighted by Gasteiger charge is -2.18. The second-order valence-electron chi connectivity index (χ2n) is 3.73. The fraction of sp³-hybridized carbons (Fsp3) is 1.00. The van der Waals surface area contributed by atoms with Crippen molar-refractivity contribution in [1.82, 2.24) is 5.32 Å². The molecule has 15 heavy (non-hydrogen) atoms. The Labute approximate surface area is 92.3 Å². The molecule has 90 valence electrons. The fourth-order valence-electron chi connectivity index (χ4n) is 1.69. The van der Waals surface area contributed by atoms with Gasteiger partial charge in [-0.05, 0) is 26.2 Å². The van der Waals surface area contributed by atoms with Gasteiger partial charge >= 0.3 is 0 Å². The smallest absolute Gasteiger partial charge is 0.169 e. The van der Waals surface area contributed by atoms with Crippen molar-refractivity contribution in [2.75, 3.05) is 39.5 Å². The molecule has 0 aliphatic carbocycles. The second-order valence-corrected chi connectivity index (χ2v) is 3.73. The van der Waals surface area contributed by atoms with Gasteiger partial charge in [-0.15, -0.1) is 0 Å². The lowest BCUT2D eigenvalue weighted by atomic mass is 10.1. The predicted octanol–water partition coefficient (Wildman–Crippen LogP) is 1.01. The van der Waals surface area contributed by atoms with Gasteiger partial charge in [-0.3, -0.25) is 0 Å². The number of hydrogen-bond acceptors (Lipinski definition) is 4. The number of ether oxygens (including phenoxy) is 3. The van der Waals surface area contributed by atoms with E-state index in [0.29, 0.717) is 19.1 Å². The molecule has 1 fully saturated rings. The summed E-state index contributed by atoms with van der Waals surface area (Å²) < 4.78 is 16.2. The van der Waals surface area contributed by atoms with Crippen molar-refractivity contribution in [1.29, 1.82) is 0 Å². The van der Waals surface area contributed by atoms with E-state index in [9.17, 15) is 0 Å². The summed E-state index contributed by atoms with van der Waals surface area (Å²) in [4.78, 5) is 0. The molecule has 1 aliphatic rings. The van der Waals surface area contributed by atoms with Gasteiger partial charge in [0.25, 0.3) is 0 Å². The van der Waals surface area contributed by atoms with E-state index in [1.165, 1.54) is 6.42 Å². The molecule has 1 N–H and O–H groups in total. The van der Waals surface area contributed by atoms with Gasteiger partial charge in [0.1, 0.15) is 0 Å². The van der Waals surface area contributed by atoms with Gasteiger partial charge in [-0.25, -0.2) is 0 Å². The predicted molar refractivity (Wildman–Crippen MR) is 58.8 cm³/mol. The maximum absolute atomic E-state index is 5.43. The van der Waals surface area contributed by atoms with Crippen LogP contribution in [0.4, 0.5) is 0 Å². The molecule has 0 saturated carbocycles. The third-order valence-electron chi connectivity index (χ3n) is 2.47. The largest absolute Gasteiger partial charge is 0.381 e. The molecule has 0 aromatic heterocycles. The van der Waals surface area contributed by atoms with Gasteiger partial charge in [0.15, 0.2) is 6.29 Å². The van der Waals surface area contributed by atoms with Crippen molar-refractivity contribution in [2.24, 2.45) is 5.92 Å². The van der Waals surface area contributed by atoms with E-state index in [0.717, 1.165) is 26.3 Å². The average molecular weight is 217 g/mol. The summed E-state index contributed by atoms with van der Waals surface area (Å²) in [5.41, 5.74) is 0. The maximum atomic E-state index is 5.43. The summed E-state index contributed by atoms with van der Waals surface area (Å²) in [6.45, 7) is 8.91. The SMILES string of the molecule is CCOC(CNCC1CCOC1)OCC. The highest BCUT2D eigenvalue weighted by Gasteiger charge is 2.15. The Morgan fingerprint density at radius 3 is 2.60 bits per heavy atom. The third-order valence-corrected chi connectivity index (χ3v) is 2.47. The number of rotatable bonds is 8. The van der Waals surface area contributed by atoms with Crippen LogP contribution in [-0.4, -0.2) is 45.8 Å². The minimum absolute atomic E-state index is 0.109. The zero-order chi connectivity index (χ0) is 10.9. The minimum Gasteiger partial charge on any atom is -0.381 e. The van der Waals surface area contributed by atoms with E-state index in [-0.39, 0.29) is 6.29 Å². The summed E-state index contributed by atoms with van der Waals surface area (Å²) in [6, 6.07) is 0. The highest BCUT2D eigenvalue weighted by molar-refractivity contribution is 4.67. The van der Waals surface area contributed by atoms with Crippen LogP contribution in [-0.2, 0) is 14.2 Å².